The van der Waals surface area contributed by atoms with Crippen LogP contribution in [-0.4, -0.2) is 14.5 Å². The molecule has 0 amide bonds. The molecule has 0 radical (unpaired) electrons. The Morgan fingerprint density at radius 1 is 0.362 bits per heavy atom. The van der Waals surface area contributed by atoms with Crippen LogP contribution in [0.25, 0.3) is 83.0 Å². The molecule has 0 aliphatic carbocycles. The number of hydrogen-bond acceptors (Lipinski definition) is 2. The zero-order chi connectivity index (χ0) is 31.2. The van der Waals surface area contributed by atoms with E-state index in [0.717, 1.165) is 28.1 Å². The fourth-order valence-electron chi connectivity index (χ4n) is 6.97. The van der Waals surface area contributed by atoms with E-state index in [0.29, 0.717) is 0 Å². The van der Waals surface area contributed by atoms with Gasteiger partial charge in [0.2, 0.25) is 0 Å². The quantitative estimate of drug-likeness (QED) is 0.184. The van der Waals surface area contributed by atoms with Crippen molar-refractivity contribution < 1.29 is 0 Å². The lowest BCUT2D eigenvalue weighted by molar-refractivity contribution is 1.10. The Bertz CT molecular complexity index is 2470. The lowest BCUT2D eigenvalue weighted by atomic mass is 9.85. The summed E-state index contributed by atoms with van der Waals surface area (Å²) in [4.78, 5) is 9.22. The van der Waals surface area contributed by atoms with Crippen LogP contribution >= 0.6 is 0 Å². The van der Waals surface area contributed by atoms with E-state index >= 15 is 0 Å². The van der Waals surface area contributed by atoms with Crippen molar-refractivity contribution in [3.8, 4) is 50.5 Å². The molecule has 9 aromatic rings. The normalized spacial score (nSPS) is 11.4. The predicted molar refractivity (Wildman–Crippen MR) is 196 cm³/mol. The van der Waals surface area contributed by atoms with Gasteiger partial charge in [0, 0.05) is 23.6 Å². The largest absolute Gasteiger partial charge is 0.292 e. The van der Waals surface area contributed by atoms with Gasteiger partial charge < -0.3 is 0 Å². The minimum Gasteiger partial charge on any atom is -0.292 e. The molecular formula is C44H29N3. The summed E-state index contributed by atoms with van der Waals surface area (Å²) in [5, 5.41) is 4.97. The molecule has 0 spiro atoms. The molecule has 0 saturated heterocycles. The van der Waals surface area contributed by atoms with Gasteiger partial charge in [-0.05, 0) is 91.3 Å². The highest BCUT2D eigenvalue weighted by Gasteiger charge is 2.18. The fraction of sp³-hybridized carbons (Fsp3) is 0. The molecule has 0 saturated carbocycles. The van der Waals surface area contributed by atoms with Crippen molar-refractivity contribution in [1.29, 1.82) is 0 Å². The van der Waals surface area contributed by atoms with Gasteiger partial charge in [-0.25, -0.2) is 4.98 Å². The number of imidazole rings is 1. The zero-order valence-corrected chi connectivity index (χ0v) is 25.6. The number of hydrogen-bond donors (Lipinski definition) is 0. The highest BCUT2D eigenvalue weighted by atomic mass is 15.1. The third-order valence-electron chi connectivity index (χ3n) is 9.13. The SMILES string of the molecule is c1ccc(-c2nc3ccccc3n2-c2ccc(-c3c4ccccc4c(-c4ccc(-c5ccncc5)cc4)c4ccccc34)cc2)cc1. The Labute approximate surface area is 273 Å². The molecule has 220 valence electrons. The van der Waals surface area contributed by atoms with Crippen molar-refractivity contribution in [3.63, 3.8) is 0 Å². The van der Waals surface area contributed by atoms with Crippen molar-refractivity contribution >= 4 is 32.6 Å². The van der Waals surface area contributed by atoms with Gasteiger partial charge in [0.05, 0.1) is 11.0 Å². The van der Waals surface area contributed by atoms with E-state index in [1.165, 1.54) is 54.9 Å². The average Bonchev–Trinajstić information content (AvgIpc) is 3.54. The van der Waals surface area contributed by atoms with Crippen LogP contribution in [0.2, 0.25) is 0 Å². The van der Waals surface area contributed by atoms with Crippen LogP contribution in [0.4, 0.5) is 0 Å². The first-order chi connectivity index (χ1) is 23.3. The first-order valence-electron chi connectivity index (χ1n) is 15.9. The molecule has 3 heteroatoms. The molecule has 2 aromatic heterocycles. The van der Waals surface area contributed by atoms with Crippen molar-refractivity contribution in [3.05, 3.63) is 176 Å². The smallest absolute Gasteiger partial charge is 0.145 e. The number of para-hydroxylation sites is 2. The third kappa shape index (κ3) is 4.60. The maximum atomic E-state index is 5.04. The zero-order valence-electron chi connectivity index (χ0n) is 25.6. The molecule has 0 bridgehead atoms. The van der Waals surface area contributed by atoms with Gasteiger partial charge >= 0.3 is 0 Å². The van der Waals surface area contributed by atoms with Gasteiger partial charge in [-0.3, -0.25) is 9.55 Å². The van der Waals surface area contributed by atoms with Crippen LogP contribution in [0.5, 0.6) is 0 Å². The summed E-state index contributed by atoms with van der Waals surface area (Å²) in [6, 6.07) is 58.4. The van der Waals surface area contributed by atoms with Crippen LogP contribution in [0.1, 0.15) is 0 Å². The second-order valence-corrected chi connectivity index (χ2v) is 11.8. The van der Waals surface area contributed by atoms with E-state index in [1.807, 2.05) is 24.5 Å². The van der Waals surface area contributed by atoms with Gasteiger partial charge in [-0.1, -0.05) is 127 Å². The molecular weight excluding hydrogens is 571 g/mol. The number of pyridine rings is 1. The maximum Gasteiger partial charge on any atom is 0.145 e. The molecule has 7 aromatic carbocycles. The Hall–Kier alpha value is -6.32. The number of nitrogens with zero attached hydrogens (tertiary/aromatic N) is 3. The summed E-state index contributed by atoms with van der Waals surface area (Å²) in [5.41, 5.74) is 11.5. The molecule has 3 nitrogen and oxygen atoms in total. The first kappa shape index (κ1) is 27.0. The number of aromatic nitrogens is 3. The van der Waals surface area contributed by atoms with Crippen LogP contribution in [0.3, 0.4) is 0 Å². The average molecular weight is 600 g/mol. The summed E-state index contributed by atoms with van der Waals surface area (Å²) in [5.74, 6) is 0.940. The standard InChI is InChI=1S/C44H29N3/c1-2-10-34(11-3-1)44-46-40-16-8-9-17-41(40)47(44)35-24-22-33(23-25-35)43-38-14-6-4-12-36(38)42(37-13-5-7-15-39(37)43)32-20-18-30(19-21-32)31-26-28-45-29-27-31/h1-29H. The molecule has 0 atom stereocenters. The highest BCUT2D eigenvalue weighted by molar-refractivity contribution is 6.21. The van der Waals surface area contributed by atoms with Crippen LogP contribution < -0.4 is 0 Å². The van der Waals surface area contributed by atoms with Crippen molar-refractivity contribution in [1.82, 2.24) is 14.5 Å². The minimum atomic E-state index is 0.940. The lowest BCUT2D eigenvalue weighted by Crippen LogP contribution is -1.97. The van der Waals surface area contributed by atoms with Crippen LogP contribution in [0, 0.1) is 0 Å². The fourth-order valence-corrected chi connectivity index (χ4v) is 6.97. The van der Waals surface area contributed by atoms with Crippen LogP contribution in [-0.2, 0) is 0 Å². The number of fused-ring (bicyclic) bond motifs is 3. The molecule has 0 unspecified atom stereocenters. The Kier molecular flexibility index (Phi) is 6.46. The lowest BCUT2D eigenvalue weighted by Gasteiger charge is -2.18. The van der Waals surface area contributed by atoms with E-state index in [9.17, 15) is 0 Å². The van der Waals surface area contributed by atoms with Crippen molar-refractivity contribution in [2.24, 2.45) is 0 Å². The maximum absolute atomic E-state index is 5.04. The van der Waals surface area contributed by atoms with E-state index in [-0.39, 0.29) is 0 Å². The summed E-state index contributed by atoms with van der Waals surface area (Å²) < 4.78 is 2.27. The van der Waals surface area contributed by atoms with E-state index < -0.39 is 0 Å². The van der Waals surface area contributed by atoms with E-state index in [2.05, 4.69) is 161 Å². The number of benzene rings is 7. The molecule has 0 aliphatic rings. The minimum absolute atomic E-state index is 0.940. The summed E-state index contributed by atoms with van der Waals surface area (Å²) in [6.07, 6.45) is 3.69. The van der Waals surface area contributed by atoms with Crippen molar-refractivity contribution in [2.75, 3.05) is 0 Å². The van der Waals surface area contributed by atoms with Gasteiger partial charge in [-0.2, -0.15) is 0 Å². The van der Waals surface area contributed by atoms with Gasteiger partial charge in [0.15, 0.2) is 0 Å². The van der Waals surface area contributed by atoms with Crippen molar-refractivity contribution in [2.45, 2.75) is 0 Å². The third-order valence-corrected chi connectivity index (χ3v) is 9.13. The van der Waals surface area contributed by atoms with E-state index in [4.69, 9.17) is 4.98 Å². The topological polar surface area (TPSA) is 30.7 Å². The van der Waals surface area contributed by atoms with Gasteiger partial charge in [0.25, 0.3) is 0 Å². The predicted octanol–water partition coefficient (Wildman–Crippen LogP) is 11.4. The van der Waals surface area contributed by atoms with Gasteiger partial charge in [0.1, 0.15) is 5.82 Å². The summed E-state index contributed by atoms with van der Waals surface area (Å²) in [6.45, 7) is 0. The van der Waals surface area contributed by atoms with E-state index in [1.54, 1.807) is 0 Å². The molecule has 47 heavy (non-hydrogen) atoms. The summed E-state index contributed by atoms with van der Waals surface area (Å²) in [7, 11) is 0. The molecule has 0 fully saturated rings. The Morgan fingerprint density at radius 3 is 1.43 bits per heavy atom. The Balaban J connectivity index is 1.21. The van der Waals surface area contributed by atoms with Crippen LogP contribution in [0.15, 0.2) is 176 Å². The number of rotatable bonds is 5. The molecule has 2 heterocycles. The summed E-state index contributed by atoms with van der Waals surface area (Å²) >= 11 is 0. The highest BCUT2D eigenvalue weighted by Crippen LogP contribution is 2.44. The van der Waals surface area contributed by atoms with Gasteiger partial charge in [-0.15, -0.1) is 0 Å². The molecule has 0 aliphatic heterocycles. The monoisotopic (exact) mass is 599 g/mol. The first-order valence-corrected chi connectivity index (χ1v) is 15.9. The Morgan fingerprint density at radius 2 is 0.830 bits per heavy atom. The second-order valence-electron chi connectivity index (χ2n) is 11.8. The second kappa shape index (κ2) is 11.2. The molecule has 9 rings (SSSR count). The molecule has 0 N–H and O–H groups in total.